The fourth-order valence-corrected chi connectivity index (χ4v) is 1.40. The average molecular weight is 229 g/mol. The quantitative estimate of drug-likeness (QED) is 0.873. The maximum atomic E-state index is 5.57. The normalized spacial score (nSPS) is 10.2. The van der Waals surface area contributed by atoms with Gasteiger partial charge in [0.15, 0.2) is 0 Å². The smallest absolute Gasteiger partial charge is 0.238 e. The summed E-state index contributed by atoms with van der Waals surface area (Å²) in [6.07, 6.45) is 0. The molecule has 0 atom stereocenters. The number of aromatic nitrogens is 2. The van der Waals surface area contributed by atoms with Crippen LogP contribution in [-0.2, 0) is 6.54 Å². The van der Waals surface area contributed by atoms with Crippen molar-refractivity contribution in [1.29, 1.82) is 0 Å². The van der Waals surface area contributed by atoms with Crippen LogP contribution in [0.3, 0.4) is 0 Å². The van der Waals surface area contributed by atoms with Crippen LogP contribution in [0.5, 0.6) is 11.6 Å². The molecule has 0 radical (unpaired) electrons. The number of hydrogen-bond donors (Lipinski definition) is 1. The Morgan fingerprint density at radius 3 is 2.41 bits per heavy atom. The molecule has 17 heavy (non-hydrogen) atoms. The highest BCUT2D eigenvalue weighted by Gasteiger charge is 2.00. The van der Waals surface area contributed by atoms with Crippen LogP contribution in [0.1, 0.15) is 11.3 Å². The van der Waals surface area contributed by atoms with E-state index in [9.17, 15) is 0 Å². The van der Waals surface area contributed by atoms with Crippen LogP contribution in [0, 0.1) is 6.92 Å². The van der Waals surface area contributed by atoms with Gasteiger partial charge in [0, 0.05) is 12.6 Å². The molecule has 1 aromatic carbocycles. The molecule has 2 aromatic rings. The van der Waals surface area contributed by atoms with Crippen molar-refractivity contribution in [1.82, 2.24) is 15.5 Å². The van der Waals surface area contributed by atoms with E-state index in [4.69, 9.17) is 4.74 Å². The van der Waals surface area contributed by atoms with Gasteiger partial charge in [-0.3, -0.25) is 0 Å². The summed E-state index contributed by atoms with van der Waals surface area (Å²) >= 11 is 0. The number of nitrogens with one attached hydrogen (secondary N) is 1. The van der Waals surface area contributed by atoms with Crippen LogP contribution in [0.4, 0.5) is 0 Å². The van der Waals surface area contributed by atoms with Gasteiger partial charge in [0.2, 0.25) is 5.88 Å². The minimum absolute atomic E-state index is 0.508. The van der Waals surface area contributed by atoms with Crippen molar-refractivity contribution < 1.29 is 4.74 Å². The molecule has 0 amide bonds. The van der Waals surface area contributed by atoms with Gasteiger partial charge in [-0.05, 0) is 32.2 Å². The van der Waals surface area contributed by atoms with E-state index in [2.05, 4.69) is 15.5 Å². The van der Waals surface area contributed by atoms with Gasteiger partial charge in [-0.1, -0.05) is 17.7 Å². The van der Waals surface area contributed by atoms with Crippen LogP contribution >= 0.6 is 0 Å². The monoisotopic (exact) mass is 229 g/mol. The van der Waals surface area contributed by atoms with Crippen LogP contribution in [0.25, 0.3) is 0 Å². The Hall–Kier alpha value is -1.94. The number of aryl methyl sites for hydroxylation is 1. The van der Waals surface area contributed by atoms with Gasteiger partial charge in [-0.25, -0.2) is 0 Å². The largest absolute Gasteiger partial charge is 0.438 e. The molecular formula is C13H15N3O. The Morgan fingerprint density at radius 1 is 1.06 bits per heavy atom. The molecule has 0 fully saturated rings. The van der Waals surface area contributed by atoms with E-state index >= 15 is 0 Å². The summed E-state index contributed by atoms with van der Waals surface area (Å²) < 4.78 is 5.57. The lowest BCUT2D eigenvalue weighted by atomic mass is 10.2. The topological polar surface area (TPSA) is 47.0 Å². The first kappa shape index (κ1) is 11.5. The van der Waals surface area contributed by atoms with Crippen molar-refractivity contribution >= 4 is 0 Å². The van der Waals surface area contributed by atoms with Crippen LogP contribution < -0.4 is 10.1 Å². The first-order chi connectivity index (χ1) is 8.28. The number of rotatable bonds is 4. The Morgan fingerprint density at radius 2 is 1.82 bits per heavy atom. The van der Waals surface area contributed by atoms with E-state index in [1.54, 1.807) is 0 Å². The van der Waals surface area contributed by atoms with Crippen molar-refractivity contribution in [3.8, 4) is 11.6 Å². The fourth-order valence-electron chi connectivity index (χ4n) is 1.40. The van der Waals surface area contributed by atoms with Gasteiger partial charge in [0.1, 0.15) is 5.75 Å². The average Bonchev–Trinajstić information content (AvgIpc) is 2.35. The lowest BCUT2D eigenvalue weighted by molar-refractivity contribution is 0.453. The third-order valence-electron chi connectivity index (χ3n) is 2.30. The summed E-state index contributed by atoms with van der Waals surface area (Å²) in [7, 11) is 1.87. The van der Waals surface area contributed by atoms with Crippen molar-refractivity contribution in [2.45, 2.75) is 13.5 Å². The molecule has 1 N–H and O–H groups in total. The van der Waals surface area contributed by atoms with Gasteiger partial charge >= 0.3 is 0 Å². The summed E-state index contributed by atoms with van der Waals surface area (Å²) in [4.78, 5) is 0. The van der Waals surface area contributed by atoms with Crippen LogP contribution in [0.15, 0.2) is 36.4 Å². The number of benzene rings is 1. The number of nitrogens with zero attached hydrogens (tertiary/aromatic N) is 2. The summed E-state index contributed by atoms with van der Waals surface area (Å²) in [6, 6.07) is 11.5. The highest BCUT2D eigenvalue weighted by Crippen LogP contribution is 2.18. The molecular weight excluding hydrogens is 214 g/mol. The Bertz CT molecular complexity index is 465. The molecule has 0 aliphatic rings. The molecule has 0 saturated heterocycles. The summed E-state index contributed by atoms with van der Waals surface area (Å²) in [5.41, 5.74) is 2.09. The van der Waals surface area contributed by atoms with E-state index < -0.39 is 0 Å². The van der Waals surface area contributed by atoms with E-state index in [1.807, 2.05) is 50.4 Å². The fraction of sp³-hybridized carbons (Fsp3) is 0.231. The zero-order valence-electron chi connectivity index (χ0n) is 9.97. The third-order valence-corrected chi connectivity index (χ3v) is 2.30. The van der Waals surface area contributed by atoms with E-state index in [1.165, 1.54) is 5.56 Å². The molecule has 88 valence electrons. The second kappa shape index (κ2) is 5.41. The second-order valence-electron chi connectivity index (χ2n) is 3.81. The predicted molar refractivity (Wildman–Crippen MR) is 66.0 cm³/mol. The molecule has 0 aliphatic carbocycles. The van der Waals surface area contributed by atoms with Gasteiger partial charge in [-0.2, -0.15) is 5.10 Å². The van der Waals surface area contributed by atoms with Gasteiger partial charge < -0.3 is 10.1 Å². The van der Waals surface area contributed by atoms with E-state index in [-0.39, 0.29) is 0 Å². The van der Waals surface area contributed by atoms with Crippen molar-refractivity contribution in [2.75, 3.05) is 7.05 Å². The summed E-state index contributed by atoms with van der Waals surface area (Å²) in [6.45, 7) is 2.74. The first-order valence-electron chi connectivity index (χ1n) is 5.49. The Labute approximate surface area is 101 Å². The second-order valence-corrected chi connectivity index (χ2v) is 3.81. The minimum atomic E-state index is 0.508. The van der Waals surface area contributed by atoms with Gasteiger partial charge in [0.05, 0.1) is 5.69 Å². The number of hydrogen-bond acceptors (Lipinski definition) is 4. The Kier molecular flexibility index (Phi) is 3.67. The standard InChI is InChI=1S/C13H15N3O/c1-10-3-6-12(7-4-10)17-13-8-5-11(9-14-2)15-16-13/h3-8,14H,9H2,1-2H3. The third kappa shape index (κ3) is 3.26. The molecule has 1 aromatic heterocycles. The number of ether oxygens (including phenoxy) is 1. The molecule has 4 nitrogen and oxygen atoms in total. The molecule has 0 unspecified atom stereocenters. The maximum absolute atomic E-state index is 5.57. The first-order valence-corrected chi connectivity index (χ1v) is 5.49. The van der Waals surface area contributed by atoms with E-state index in [0.29, 0.717) is 12.4 Å². The van der Waals surface area contributed by atoms with Gasteiger partial charge in [0.25, 0.3) is 0 Å². The molecule has 4 heteroatoms. The maximum Gasteiger partial charge on any atom is 0.238 e. The predicted octanol–water partition coefficient (Wildman–Crippen LogP) is 2.30. The van der Waals surface area contributed by atoms with Crippen LogP contribution in [0.2, 0.25) is 0 Å². The van der Waals surface area contributed by atoms with Crippen LogP contribution in [-0.4, -0.2) is 17.2 Å². The molecule has 1 heterocycles. The van der Waals surface area contributed by atoms with Gasteiger partial charge in [-0.15, -0.1) is 5.10 Å². The summed E-state index contributed by atoms with van der Waals surface area (Å²) in [5.74, 6) is 1.28. The van der Waals surface area contributed by atoms with E-state index in [0.717, 1.165) is 11.4 Å². The highest BCUT2D eigenvalue weighted by atomic mass is 16.5. The SMILES string of the molecule is CNCc1ccc(Oc2ccc(C)cc2)nn1. The molecule has 0 spiro atoms. The minimum Gasteiger partial charge on any atom is -0.438 e. The highest BCUT2D eigenvalue weighted by molar-refractivity contribution is 5.29. The molecule has 0 aliphatic heterocycles. The zero-order chi connectivity index (χ0) is 12.1. The van der Waals surface area contributed by atoms with Crippen molar-refractivity contribution in [2.24, 2.45) is 0 Å². The summed E-state index contributed by atoms with van der Waals surface area (Å²) in [5, 5.41) is 11.1. The molecule has 0 saturated carbocycles. The Balaban J connectivity index is 2.05. The lowest BCUT2D eigenvalue weighted by Crippen LogP contribution is -2.07. The lowest BCUT2D eigenvalue weighted by Gasteiger charge is -2.04. The van der Waals surface area contributed by atoms with Crippen molar-refractivity contribution in [3.05, 3.63) is 47.7 Å². The van der Waals surface area contributed by atoms with Crippen molar-refractivity contribution in [3.63, 3.8) is 0 Å². The zero-order valence-corrected chi connectivity index (χ0v) is 9.97. The molecule has 2 rings (SSSR count). The molecule has 0 bridgehead atoms.